The zero-order valence-corrected chi connectivity index (χ0v) is 8.58. The number of rotatable bonds is 1. The zero-order valence-electron chi connectivity index (χ0n) is 6.18. The van der Waals surface area contributed by atoms with Gasteiger partial charge in [0.15, 0.2) is 0 Å². The van der Waals surface area contributed by atoms with Crippen LogP contribution in [0.15, 0.2) is 23.6 Å². The molecular formula is C9H6BrFS. The van der Waals surface area contributed by atoms with Crippen LogP contribution in [-0.4, -0.2) is 0 Å². The van der Waals surface area contributed by atoms with Crippen molar-refractivity contribution in [2.24, 2.45) is 0 Å². The summed E-state index contributed by atoms with van der Waals surface area (Å²) in [6.07, 6.45) is 0. The summed E-state index contributed by atoms with van der Waals surface area (Å²) in [5.41, 5.74) is 1.15. The van der Waals surface area contributed by atoms with E-state index in [0.717, 1.165) is 21.0 Å². The summed E-state index contributed by atoms with van der Waals surface area (Å²) in [5.74, 6) is -0.129. The second-order valence-electron chi connectivity index (χ2n) is 2.50. The zero-order chi connectivity index (χ0) is 8.55. The maximum absolute atomic E-state index is 13.1. The molecule has 3 heteroatoms. The van der Waals surface area contributed by atoms with Crippen molar-refractivity contribution in [1.82, 2.24) is 0 Å². The van der Waals surface area contributed by atoms with Crippen LogP contribution in [0.25, 0.3) is 10.1 Å². The summed E-state index contributed by atoms with van der Waals surface area (Å²) in [6.45, 7) is 0. The maximum atomic E-state index is 13.1. The normalized spacial score (nSPS) is 10.8. The first-order chi connectivity index (χ1) is 5.83. The fourth-order valence-electron chi connectivity index (χ4n) is 1.19. The Bertz CT molecular complexity index is 408. The van der Waals surface area contributed by atoms with E-state index in [2.05, 4.69) is 15.9 Å². The molecule has 0 unspecified atom stereocenters. The van der Waals surface area contributed by atoms with Gasteiger partial charge in [-0.15, -0.1) is 11.3 Å². The fraction of sp³-hybridized carbons (Fsp3) is 0.111. The summed E-state index contributed by atoms with van der Waals surface area (Å²) in [4.78, 5) is 0. The number of benzene rings is 1. The van der Waals surface area contributed by atoms with Crippen molar-refractivity contribution >= 4 is 37.4 Å². The molecule has 0 radical (unpaired) electrons. The van der Waals surface area contributed by atoms with Gasteiger partial charge in [0, 0.05) is 15.4 Å². The van der Waals surface area contributed by atoms with E-state index in [1.165, 1.54) is 6.07 Å². The molecule has 1 heterocycles. The van der Waals surface area contributed by atoms with Gasteiger partial charge in [0.05, 0.1) is 0 Å². The van der Waals surface area contributed by atoms with Crippen molar-refractivity contribution in [1.29, 1.82) is 0 Å². The third-order valence-electron chi connectivity index (χ3n) is 1.79. The minimum absolute atomic E-state index is 0.129. The molecule has 0 saturated heterocycles. The van der Waals surface area contributed by atoms with Crippen LogP contribution in [0, 0.1) is 5.82 Å². The molecule has 0 spiro atoms. The SMILES string of the molecule is Fc1ccc(CBr)c2sccc12. The first-order valence-corrected chi connectivity index (χ1v) is 5.53. The van der Waals surface area contributed by atoms with Crippen LogP contribution in [0.2, 0.25) is 0 Å². The largest absolute Gasteiger partial charge is 0.206 e. The minimum Gasteiger partial charge on any atom is -0.206 e. The second kappa shape index (κ2) is 3.15. The molecule has 0 fully saturated rings. The van der Waals surface area contributed by atoms with Gasteiger partial charge in [-0.05, 0) is 23.1 Å². The first kappa shape index (κ1) is 8.20. The predicted octanol–water partition coefficient (Wildman–Crippen LogP) is 3.94. The molecule has 12 heavy (non-hydrogen) atoms. The van der Waals surface area contributed by atoms with Gasteiger partial charge in [-0.25, -0.2) is 4.39 Å². The maximum Gasteiger partial charge on any atom is 0.131 e. The number of hydrogen-bond donors (Lipinski definition) is 0. The Morgan fingerprint density at radius 2 is 2.17 bits per heavy atom. The molecule has 0 atom stereocenters. The third kappa shape index (κ3) is 1.17. The van der Waals surface area contributed by atoms with Crippen LogP contribution >= 0.6 is 27.3 Å². The topological polar surface area (TPSA) is 0 Å². The van der Waals surface area contributed by atoms with Crippen molar-refractivity contribution in [2.45, 2.75) is 5.33 Å². The summed E-state index contributed by atoms with van der Waals surface area (Å²) in [5, 5.41) is 3.43. The molecule has 0 aliphatic carbocycles. The molecule has 0 bridgehead atoms. The van der Waals surface area contributed by atoms with Gasteiger partial charge in [-0.2, -0.15) is 0 Å². The van der Waals surface area contributed by atoms with Crippen molar-refractivity contribution in [3.8, 4) is 0 Å². The van der Waals surface area contributed by atoms with Crippen LogP contribution in [0.5, 0.6) is 0 Å². The molecule has 0 aliphatic rings. The summed E-state index contributed by atoms with van der Waals surface area (Å²) in [7, 11) is 0. The Labute approximate surface area is 82.2 Å². The van der Waals surface area contributed by atoms with Crippen LogP contribution in [-0.2, 0) is 5.33 Å². The Hall–Kier alpha value is -0.410. The molecule has 1 aromatic carbocycles. The molecule has 2 aromatic rings. The molecule has 1 aromatic heterocycles. The van der Waals surface area contributed by atoms with E-state index in [-0.39, 0.29) is 5.82 Å². The molecule has 62 valence electrons. The molecule has 0 N–H and O–H groups in total. The van der Waals surface area contributed by atoms with Gasteiger partial charge in [0.1, 0.15) is 5.82 Å². The van der Waals surface area contributed by atoms with E-state index in [4.69, 9.17) is 0 Å². The number of hydrogen-bond acceptors (Lipinski definition) is 1. The smallest absolute Gasteiger partial charge is 0.131 e. The highest BCUT2D eigenvalue weighted by Gasteiger charge is 2.05. The van der Waals surface area contributed by atoms with Crippen molar-refractivity contribution in [3.05, 3.63) is 35.0 Å². The Balaban J connectivity index is 2.82. The van der Waals surface area contributed by atoms with Gasteiger partial charge in [-0.1, -0.05) is 22.0 Å². The summed E-state index contributed by atoms with van der Waals surface area (Å²) >= 11 is 4.95. The fourth-order valence-corrected chi connectivity index (χ4v) is 2.77. The van der Waals surface area contributed by atoms with Crippen molar-refractivity contribution in [3.63, 3.8) is 0 Å². The number of halogens is 2. The molecule has 2 rings (SSSR count). The molecule has 0 nitrogen and oxygen atoms in total. The third-order valence-corrected chi connectivity index (χ3v) is 3.38. The molecular weight excluding hydrogens is 239 g/mol. The summed E-state index contributed by atoms with van der Waals surface area (Å²) in [6, 6.07) is 5.16. The van der Waals surface area contributed by atoms with Gasteiger partial charge in [0.2, 0.25) is 0 Å². The average molecular weight is 245 g/mol. The number of alkyl halides is 1. The second-order valence-corrected chi connectivity index (χ2v) is 3.98. The monoisotopic (exact) mass is 244 g/mol. The van der Waals surface area contributed by atoms with Crippen LogP contribution in [0.3, 0.4) is 0 Å². The van der Waals surface area contributed by atoms with Gasteiger partial charge >= 0.3 is 0 Å². The van der Waals surface area contributed by atoms with E-state index >= 15 is 0 Å². The minimum atomic E-state index is -0.129. The Kier molecular flexibility index (Phi) is 2.15. The highest BCUT2D eigenvalue weighted by atomic mass is 79.9. The van der Waals surface area contributed by atoms with Crippen LogP contribution in [0.4, 0.5) is 4.39 Å². The van der Waals surface area contributed by atoms with Crippen LogP contribution < -0.4 is 0 Å². The van der Waals surface area contributed by atoms with Crippen LogP contribution in [0.1, 0.15) is 5.56 Å². The highest BCUT2D eigenvalue weighted by molar-refractivity contribution is 9.08. The van der Waals surface area contributed by atoms with Gasteiger partial charge < -0.3 is 0 Å². The lowest BCUT2D eigenvalue weighted by atomic mass is 10.2. The Morgan fingerprint density at radius 1 is 1.33 bits per heavy atom. The van der Waals surface area contributed by atoms with E-state index in [1.807, 2.05) is 17.5 Å². The quantitative estimate of drug-likeness (QED) is 0.667. The lowest BCUT2D eigenvalue weighted by Gasteiger charge is -1.97. The van der Waals surface area contributed by atoms with E-state index in [0.29, 0.717) is 0 Å². The average Bonchev–Trinajstić information content (AvgIpc) is 2.54. The molecule has 0 amide bonds. The molecule has 0 aliphatic heterocycles. The lowest BCUT2D eigenvalue weighted by molar-refractivity contribution is 0.640. The number of fused-ring (bicyclic) bond motifs is 1. The Morgan fingerprint density at radius 3 is 2.92 bits per heavy atom. The van der Waals surface area contributed by atoms with E-state index < -0.39 is 0 Å². The van der Waals surface area contributed by atoms with E-state index in [9.17, 15) is 4.39 Å². The predicted molar refractivity (Wildman–Crippen MR) is 54.4 cm³/mol. The van der Waals surface area contributed by atoms with Crippen molar-refractivity contribution < 1.29 is 4.39 Å². The standard InChI is InChI=1S/C9H6BrFS/c10-5-6-1-2-8(11)7-3-4-12-9(6)7/h1-4H,5H2. The van der Waals surface area contributed by atoms with Gasteiger partial charge in [-0.3, -0.25) is 0 Å². The number of thiophene rings is 1. The van der Waals surface area contributed by atoms with E-state index in [1.54, 1.807) is 11.3 Å². The first-order valence-electron chi connectivity index (χ1n) is 3.53. The van der Waals surface area contributed by atoms with Gasteiger partial charge in [0.25, 0.3) is 0 Å². The highest BCUT2D eigenvalue weighted by Crippen LogP contribution is 2.28. The lowest BCUT2D eigenvalue weighted by Crippen LogP contribution is -1.80. The molecule has 0 saturated carbocycles. The van der Waals surface area contributed by atoms with Crippen molar-refractivity contribution in [2.75, 3.05) is 0 Å². The summed E-state index contributed by atoms with van der Waals surface area (Å²) < 4.78 is 14.2.